The molecule has 0 unspecified atom stereocenters. The van der Waals surface area contributed by atoms with Crippen LogP contribution in [0.3, 0.4) is 0 Å². The van der Waals surface area contributed by atoms with Crippen LogP contribution in [0, 0.1) is 0 Å². The van der Waals surface area contributed by atoms with Gasteiger partial charge in [-0.1, -0.05) is 24.3 Å². The van der Waals surface area contributed by atoms with E-state index in [1.807, 2.05) is 24.3 Å². The highest BCUT2D eigenvalue weighted by Gasteiger charge is 2.26. The first-order valence-corrected chi connectivity index (χ1v) is 11.8. The van der Waals surface area contributed by atoms with Gasteiger partial charge in [0.05, 0.1) is 24.7 Å². The largest absolute Gasteiger partial charge is 0.379 e. The van der Waals surface area contributed by atoms with E-state index in [9.17, 15) is 13.2 Å². The minimum Gasteiger partial charge on any atom is -0.379 e. The summed E-state index contributed by atoms with van der Waals surface area (Å²) >= 11 is 0. The van der Waals surface area contributed by atoms with Crippen LogP contribution in [0.4, 0.5) is 5.69 Å². The lowest BCUT2D eigenvalue weighted by molar-refractivity contribution is -0.116. The molecule has 3 aromatic rings. The fourth-order valence-corrected chi connectivity index (χ4v) is 4.90. The average molecular weight is 456 g/mol. The molecule has 1 aliphatic heterocycles. The van der Waals surface area contributed by atoms with Gasteiger partial charge < -0.3 is 10.1 Å². The summed E-state index contributed by atoms with van der Waals surface area (Å²) in [6.45, 7) is 2.13. The maximum absolute atomic E-state index is 12.7. The summed E-state index contributed by atoms with van der Waals surface area (Å²) in [4.78, 5) is 16.6. The van der Waals surface area contributed by atoms with Crippen molar-refractivity contribution in [2.75, 3.05) is 31.6 Å². The number of nitrogens with one attached hydrogen (secondary N) is 1. The number of hydrogen-bond acceptors (Lipinski definition) is 6. The molecule has 1 N–H and O–H groups in total. The van der Waals surface area contributed by atoms with Gasteiger partial charge in [-0.05, 0) is 41.8 Å². The van der Waals surface area contributed by atoms with Crippen LogP contribution in [0.15, 0.2) is 66.1 Å². The number of ether oxygens (including phenoxy) is 1. The summed E-state index contributed by atoms with van der Waals surface area (Å²) in [5.74, 6) is -0.104. The molecule has 1 amide bonds. The Labute approximate surface area is 187 Å². The lowest BCUT2D eigenvalue weighted by Gasteiger charge is -2.26. The fraction of sp³-hybridized carbons (Fsp3) is 0.318. The summed E-state index contributed by atoms with van der Waals surface area (Å²) in [7, 11) is -3.51. The Morgan fingerprint density at radius 3 is 2.56 bits per heavy atom. The lowest BCUT2D eigenvalue weighted by Crippen LogP contribution is -2.40. The van der Waals surface area contributed by atoms with Gasteiger partial charge in [0.15, 0.2) is 0 Å². The minimum absolute atomic E-state index is 0.104. The maximum Gasteiger partial charge on any atom is 0.243 e. The highest BCUT2D eigenvalue weighted by molar-refractivity contribution is 7.89. The van der Waals surface area contributed by atoms with Gasteiger partial charge in [-0.2, -0.15) is 9.40 Å². The second-order valence-electron chi connectivity index (χ2n) is 7.50. The molecule has 0 bridgehead atoms. The van der Waals surface area contributed by atoms with Crippen molar-refractivity contribution in [3.05, 3.63) is 72.3 Å². The molecule has 0 atom stereocenters. The monoisotopic (exact) mass is 455 g/mol. The summed E-state index contributed by atoms with van der Waals surface area (Å²) < 4.78 is 33.8. The van der Waals surface area contributed by atoms with Crippen molar-refractivity contribution in [3.8, 4) is 0 Å². The topological polar surface area (TPSA) is 106 Å². The van der Waals surface area contributed by atoms with E-state index < -0.39 is 10.0 Å². The molecular formula is C22H25N5O4S. The van der Waals surface area contributed by atoms with E-state index in [2.05, 4.69) is 15.4 Å². The third kappa shape index (κ3) is 5.58. The van der Waals surface area contributed by atoms with E-state index >= 15 is 0 Å². The van der Waals surface area contributed by atoms with E-state index in [0.717, 1.165) is 16.8 Å². The highest BCUT2D eigenvalue weighted by Crippen LogP contribution is 2.18. The normalized spacial score (nSPS) is 14.9. The second-order valence-corrected chi connectivity index (χ2v) is 9.44. The van der Waals surface area contributed by atoms with E-state index in [1.165, 1.54) is 10.6 Å². The molecule has 32 heavy (non-hydrogen) atoms. The van der Waals surface area contributed by atoms with Gasteiger partial charge in [-0.15, -0.1) is 0 Å². The first-order valence-electron chi connectivity index (χ1n) is 10.4. The number of carbonyl (C=O) groups is 1. The molecule has 0 radical (unpaired) electrons. The number of aryl methyl sites for hydroxylation is 1. The number of nitrogens with zero attached hydrogens (tertiary/aromatic N) is 4. The van der Waals surface area contributed by atoms with Gasteiger partial charge >= 0.3 is 0 Å². The Kier molecular flexibility index (Phi) is 6.93. The Hall–Kier alpha value is -3.08. The van der Waals surface area contributed by atoms with Crippen LogP contribution in [0.5, 0.6) is 0 Å². The highest BCUT2D eigenvalue weighted by atomic mass is 32.2. The van der Waals surface area contributed by atoms with Crippen LogP contribution in [-0.4, -0.2) is 59.7 Å². The molecule has 1 saturated heterocycles. The van der Waals surface area contributed by atoms with E-state index in [1.54, 1.807) is 35.3 Å². The van der Waals surface area contributed by atoms with Crippen molar-refractivity contribution in [2.24, 2.45) is 0 Å². The first kappa shape index (κ1) is 22.1. The van der Waals surface area contributed by atoms with Crippen molar-refractivity contribution in [1.29, 1.82) is 0 Å². The number of sulfonamides is 1. The zero-order chi connectivity index (χ0) is 22.4. The third-order valence-electron chi connectivity index (χ3n) is 5.19. The predicted molar refractivity (Wildman–Crippen MR) is 119 cm³/mol. The number of amides is 1. The standard InChI is InChI=1S/C22H25N5O4S/c28-22(25-20-3-1-2-19(14-20)15-26-17-23-16-24-26)9-6-18-4-7-21(8-5-18)32(29,30)27-10-12-31-13-11-27/h1-5,7-8,14,16-17H,6,9-13,15H2,(H,25,28). The molecule has 10 heteroatoms. The number of rotatable bonds is 8. The van der Waals surface area contributed by atoms with Crippen molar-refractivity contribution in [3.63, 3.8) is 0 Å². The first-order chi connectivity index (χ1) is 15.5. The van der Waals surface area contributed by atoms with Gasteiger partial charge in [0.1, 0.15) is 12.7 Å². The Balaban J connectivity index is 1.30. The predicted octanol–water partition coefficient (Wildman–Crippen LogP) is 1.92. The molecule has 0 saturated carbocycles. The summed E-state index contributed by atoms with van der Waals surface area (Å²) in [5, 5.41) is 7.00. The molecule has 2 heterocycles. The number of hydrogen-bond donors (Lipinski definition) is 1. The van der Waals surface area contributed by atoms with E-state index in [4.69, 9.17) is 4.74 Å². The smallest absolute Gasteiger partial charge is 0.243 e. The van der Waals surface area contributed by atoms with Gasteiger partial charge in [0, 0.05) is 25.2 Å². The molecule has 1 aliphatic rings. The Morgan fingerprint density at radius 1 is 1.06 bits per heavy atom. The maximum atomic E-state index is 12.7. The fourth-order valence-electron chi connectivity index (χ4n) is 3.49. The molecule has 1 aromatic heterocycles. The summed E-state index contributed by atoms with van der Waals surface area (Å²) in [6.07, 6.45) is 3.93. The van der Waals surface area contributed by atoms with Crippen LogP contribution in [0.25, 0.3) is 0 Å². The zero-order valence-corrected chi connectivity index (χ0v) is 18.4. The Morgan fingerprint density at radius 2 is 1.84 bits per heavy atom. The van der Waals surface area contributed by atoms with Crippen LogP contribution in [0.2, 0.25) is 0 Å². The van der Waals surface area contributed by atoms with Crippen molar-refractivity contribution < 1.29 is 17.9 Å². The summed E-state index contributed by atoms with van der Waals surface area (Å²) in [6, 6.07) is 14.3. The molecule has 9 nitrogen and oxygen atoms in total. The molecule has 0 spiro atoms. The number of morpholine rings is 1. The van der Waals surface area contributed by atoms with Crippen LogP contribution in [0.1, 0.15) is 17.5 Å². The second kappa shape index (κ2) is 10.0. The number of carbonyl (C=O) groups excluding carboxylic acids is 1. The molecule has 4 rings (SSSR count). The molecular weight excluding hydrogens is 430 g/mol. The number of benzene rings is 2. The van der Waals surface area contributed by atoms with Gasteiger partial charge in [0.25, 0.3) is 0 Å². The molecule has 0 aliphatic carbocycles. The van der Waals surface area contributed by atoms with Gasteiger partial charge in [-0.25, -0.2) is 18.1 Å². The SMILES string of the molecule is O=C(CCc1ccc(S(=O)(=O)N2CCOCC2)cc1)Nc1cccc(Cn2cncn2)c1. The minimum atomic E-state index is -3.51. The Bertz CT molecular complexity index is 1140. The quantitative estimate of drug-likeness (QED) is 0.556. The van der Waals surface area contributed by atoms with Crippen molar-refractivity contribution in [2.45, 2.75) is 24.3 Å². The number of aromatic nitrogens is 3. The lowest BCUT2D eigenvalue weighted by atomic mass is 10.1. The van der Waals surface area contributed by atoms with Crippen molar-refractivity contribution in [1.82, 2.24) is 19.1 Å². The zero-order valence-electron chi connectivity index (χ0n) is 17.6. The van der Waals surface area contributed by atoms with Crippen LogP contribution >= 0.6 is 0 Å². The third-order valence-corrected chi connectivity index (χ3v) is 7.11. The molecule has 1 fully saturated rings. The number of anilines is 1. The molecule has 168 valence electrons. The average Bonchev–Trinajstić information content (AvgIpc) is 3.32. The van der Waals surface area contributed by atoms with E-state index in [-0.39, 0.29) is 10.8 Å². The molecule has 2 aromatic carbocycles. The van der Waals surface area contributed by atoms with Crippen LogP contribution in [-0.2, 0) is 32.5 Å². The van der Waals surface area contributed by atoms with Crippen molar-refractivity contribution >= 4 is 21.6 Å². The van der Waals surface area contributed by atoms with Gasteiger partial charge in [0.2, 0.25) is 15.9 Å². The van der Waals surface area contributed by atoms with Crippen LogP contribution < -0.4 is 5.32 Å². The summed E-state index contributed by atoms with van der Waals surface area (Å²) in [5.41, 5.74) is 2.63. The van der Waals surface area contributed by atoms with E-state index in [0.29, 0.717) is 45.7 Å². The van der Waals surface area contributed by atoms with Gasteiger partial charge in [-0.3, -0.25) is 4.79 Å².